The van der Waals surface area contributed by atoms with Gasteiger partial charge in [-0.25, -0.2) is 4.39 Å². The summed E-state index contributed by atoms with van der Waals surface area (Å²) < 4.78 is 28.7. The number of H-pyrrole nitrogens is 1. The molecule has 0 fully saturated rings. The van der Waals surface area contributed by atoms with E-state index in [1.807, 2.05) is 24.4 Å². The Labute approximate surface area is 150 Å². The predicted octanol–water partition coefficient (Wildman–Crippen LogP) is 3.87. The Morgan fingerprint density at radius 2 is 1.85 bits per heavy atom. The molecule has 5 nitrogen and oxygen atoms in total. The van der Waals surface area contributed by atoms with Gasteiger partial charge in [0.2, 0.25) is 0 Å². The van der Waals surface area contributed by atoms with E-state index < -0.39 is 0 Å². The number of nitrogens with one attached hydrogen (secondary N) is 1. The van der Waals surface area contributed by atoms with E-state index in [-0.39, 0.29) is 24.8 Å². The van der Waals surface area contributed by atoms with Gasteiger partial charge < -0.3 is 19.2 Å². The van der Waals surface area contributed by atoms with E-state index in [9.17, 15) is 9.18 Å². The lowest BCUT2D eigenvalue weighted by Gasteiger charge is -2.07. The molecule has 1 N–H and O–H groups in total. The topological polar surface area (TPSA) is 60.6 Å². The van der Waals surface area contributed by atoms with Crippen molar-refractivity contribution in [2.45, 2.75) is 12.8 Å². The van der Waals surface area contributed by atoms with Crippen molar-refractivity contribution in [3.05, 3.63) is 60.0 Å². The number of carbonyl (C=O) groups is 1. The number of methoxy groups -OCH3 is 1. The van der Waals surface area contributed by atoms with Crippen molar-refractivity contribution in [3.63, 3.8) is 0 Å². The third-order valence-corrected chi connectivity index (χ3v) is 3.94. The second-order valence-corrected chi connectivity index (χ2v) is 5.78. The molecule has 1 aromatic heterocycles. The van der Waals surface area contributed by atoms with E-state index in [0.29, 0.717) is 18.8 Å². The highest BCUT2D eigenvalue weighted by Gasteiger charge is 2.10. The van der Waals surface area contributed by atoms with E-state index in [1.54, 1.807) is 19.2 Å². The maximum atomic E-state index is 12.8. The van der Waals surface area contributed by atoms with Crippen LogP contribution in [0.25, 0.3) is 10.9 Å². The molecule has 136 valence electrons. The fourth-order valence-electron chi connectivity index (χ4n) is 2.60. The normalized spacial score (nSPS) is 10.7. The van der Waals surface area contributed by atoms with Gasteiger partial charge in [-0.1, -0.05) is 0 Å². The molecule has 0 atom stereocenters. The smallest absolute Gasteiger partial charge is 0.310 e. The maximum Gasteiger partial charge on any atom is 0.310 e. The molecule has 6 heteroatoms. The second-order valence-electron chi connectivity index (χ2n) is 5.78. The number of hydrogen-bond donors (Lipinski definition) is 1. The lowest BCUT2D eigenvalue weighted by atomic mass is 10.1. The molecular weight excluding hydrogens is 337 g/mol. The van der Waals surface area contributed by atoms with Gasteiger partial charge in [-0.2, -0.15) is 0 Å². The molecule has 0 bridgehead atoms. The highest BCUT2D eigenvalue weighted by molar-refractivity contribution is 5.88. The summed E-state index contributed by atoms with van der Waals surface area (Å²) in [5.74, 6) is 0.729. The van der Waals surface area contributed by atoms with Gasteiger partial charge in [0, 0.05) is 23.5 Å². The van der Waals surface area contributed by atoms with Crippen molar-refractivity contribution in [1.29, 1.82) is 0 Å². The van der Waals surface area contributed by atoms with Crippen LogP contribution in [-0.4, -0.2) is 31.3 Å². The first-order valence-corrected chi connectivity index (χ1v) is 8.33. The molecule has 26 heavy (non-hydrogen) atoms. The van der Waals surface area contributed by atoms with Gasteiger partial charge in [0.15, 0.2) is 0 Å². The van der Waals surface area contributed by atoms with E-state index in [1.165, 1.54) is 12.1 Å². The summed E-state index contributed by atoms with van der Waals surface area (Å²) in [6, 6.07) is 11.5. The number of carbonyl (C=O) groups excluding carboxylic acids is 1. The molecule has 0 aliphatic rings. The number of rotatable bonds is 8. The van der Waals surface area contributed by atoms with Gasteiger partial charge in [0.1, 0.15) is 17.3 Å². The SMILES string of the molecule is COc1ccc2[nH]cc(CC(=O)OCCCOc3ccc(F)cc3)c2c1. The van der Waals surface area contributed by atoms with Crippen molar-refractivity contribution in [2.75, 3.05) is 20.3 Å². The summed E-state index contributed by atoms with van der Waals surface area (Å²) in [4.78, 5) is 15.2. The van der Waals surface area contributed by atoms with Gasteiger partial charge >= 0.3 is 5.97 Å². The maximum absolute atomic E-state index is 12.8. The molecule has 0 saturated heterocycles. The number of esters is 1. The summed E-state index contributed by atoms with van der Waals surface area (Å²) in [7, 11) is 1.61. The average Bonchev–Trinajstić information content (AvgIpc) is 3.05. The van der Waals surface area contributed by atoms with Gasteiger partial charge in [0.25, 0.3) is 0 Å². The van der Waals surface area contributed by atoms with Gasteiger partial charge in [0.05, 0.1) is 26.7 Å². The minimum absolute atomic E-state index is 0.186. The number of aromatic nitrogens is 1. The zero-order valence-electron chi connectivity index (χ0n) is 14.5. The first kappa shape index (κ1) is 17.8. The molecule has 3 aromatic rings. The summed E-state index contributed by atoms with van der Waals surface area (Å²) in [5, 5.41) is 0.945. The van der Waals surface area contributed by atoms with Gasteiger partial charge in [-0.05, 0) is 48.0 Å². The molecule has 0 radical (unpaired) electrons. The van der Waals surface area contributed by atoms with E-state index >= 15 is 0 Å². The van der Waals surface area contributed by atoms with Gasteiger partial charge in [-0.3, -0.25) is 4.79 Å². The molecule has 2 aromatic carbocycles. The summed E-state index contributed by atoms with van der Waals surface area (Å²) in [6.45, 7) is 0.662. The van der Waals surface area contributed by atoms with E-state index in [4.69, 9.17) is 14.2 Å². The lowest BCUT2D eigenvalue weighted by molar-refractivity contribution is -0.143. The number of aromatic amines is 1. The number of ether oxygens (including phenoxy) is 3. The minimum Gasteiger partial charge on any atom is -0.497 e. The van der Waals surface area contributed by atoms with Crippen LogP contribution < -0.4 is 9.47 Å². The molecule has 0 aliphatic heterocycles. The van der Waals surface area contributed by atoms with Crippen LogP contribution in [0.15, 0.2) is 48.7 Å². The molecule has 0 saturated carbocycles. The summed E-state index contributed by atoms with van der Waals surface area (Å²) in [6.07, 6.45) is 2.56. The van der Waals surface area contributed by atoms with E-state index in [2.05, 4.69) is 4.98 Å². The number of fused-ring (bicyclic) bond motifs is 1. The Kier molecular flexibility index (Phi) is 5.73. The highest BCUT2D eigenvalue weighted by Crippen LogP contribution is 2.24. The summed E-state index contributed by atoms with van der Waals surface area (Å²) in [5.41, 5.74) is 1.81. The monoisotopic (exact) mass is 357 g/mol. The van der Waals surface area contributed by atoms with Crippen LogP contribution in [0.3, 0.4) is 0 Å². The van der Waals surface area contributed by atoms with Gasteiger partial charge in [-0.15, -0.1) is 0 Å². The van der Waals surface area contributed by atoms with Crippen molar-refractivity contribution < 1.29 is 23.4 Å². The summed E-state index contributed by atoms with van der Waals surface area (Å²) >= 11 is 0. The van der Waals surface area contributed by atoms with Crippen LogP contribution in [0, 0.1) is 5.82 Å². The zero-order chi connectivity index (χ0) is 18.4. The first-order valence-electron chi connectivity index (χ1n) is 8.33. The van der Waals surface area contributed by atoms with Crippen LogP contribution in [-0.2, 0) is 16.0 Å². The van der Waals surface area contributed by atoms with Crippen LogP contribution >= 0.6 is 0 Å². The number of halogens is 1. The van der Waals surface area contributed by atoms with Crippen molar-refractivity contribution in [2.24, 2.45) is 0 Å². The standard InChI is InChI=1S/C20H20FNO4/c1-24-17-7-8-19-18(12-17)14(13-22-19)11-20(23)26-10-2-9-25-16-5-3-15(21)4-6-16/h3-8,12-13,22H,2,9-11H2,1H3. The Bertz CT molecular complexity index is 873. The highest BCUT2D eigenvalue weighted by atomic mass is 19.1. The molecule has 3 rings (SSSR count). The third-order valence-electron chi connectivity index (χ3n) is 3.94. The third kappa shape index (κ3) is 4.53. The Morgan fingerprint density at radius 1 is 1.08 bits per heavy atom. The van der Waals surface area contributed by atoms with Crippen LogP contribution in [0.2, 0.25) is 0 Å². The van der Waals surface area contributed by atoms with Crippen LogP contribution in [0.1, 0.15) is 12.0 Å². The molecule has 1 heterocycles. The van der Waals surface area contributed by atoms with Crippen LogP contribution in [0.4, 0.5) is 4.39 Å². The Balaban J connectivity index is 1.43. The largest absolute Gasteiger partial charge is 0.497 e. The van der Waals surface area contributed by atoms with Crippen molar-refractivity contribution in [3.8, 4) is 11.5 Å². The molecular formula is C20H20FNO4. The quantitative estimate of drug-likeness (QED) is 0.491. The first-order chi connectivity index (χ1) is 12.7. The molecule has 0 aliphatic carbocycles. The van der Waals surface area contributed by atoms with Crippen molar-refractivity contribution >= 4 is 16.9 Å². The Hall–Kier alpha value is -3.02. The minimum atomic E-state index is -0.304. The lowest BCUT2D eigenvalue weighted by Crippen LogP contribution is -2.11. The average molecular weight is 357 g/mol. The van der Waals surface area contributed by atoms with E-state index in [0.717, 1.165) is 22.2 Å². The molecule has 0 amide bonds. The Morgan fingerprint density at radius 3 is 2.62 bits per heavy atom. The zero-order valence-corrected chi connectivity index (χ0v) is 14.5. The number of hydrogen-bond acceptors (Lipinski definition) is 4. The fourth-order valence-corrected chi connectivity index (χ4v) is 2.60. The molecule has 0 unspecified atom stereocenters. The van der Waals surface area contributed by atoms with Crippen molar-refractivity contribution in [1.82, 2.24) is 4.98 Å². The number of benzene rings is 2. The second kappa shape index (κ2) is 8.38. The fraction of sp³-hybridized carbons (Fsp3) is 0.250. The van der Waals surface area contributed by atoms with Crippen LogP contribution in [0.5, 0.6) is 11.5 Å². The molecule has 0 spiro atoms. The predicted molar refractivity (Wildman–Crippen MR) is 96.0 cm³/mol.